The van der Waals surface area contributed by atoms with Gasteiger partial charge in [0.15, 0.2) is 5.92 Å². The first kappa shape index (κ1) is 13.0. The number of hydrazine groups is 1. The largest absolute Gasteiger partial charge is 0.481 e. The minimum atomic E-state index is -1.17. The number of carbonyl (C=O) groups is 2. The van der Waals surface area contributed by atoms with Crippen molar-refractivity contribution in [2.45, 2.75) is 13.3 Å². The summed E-state index contributed by atoms with van der Waals surface area (Å²) in [6.07, 6.45) is 0.590. The maximum absolute atomic E-state index is 11.4. The number of amidine groups is 1. The molecular weight excluding hydrogens is 230 g/mol. The monoisotopic (exact) mass is 245 g/mol. The van der Waals surface area contributed by atoms with E-state index in [1.54, 1.807) is 11.8 Å². The van der Waals surface area contributed by atoms with Crippen LogP contribution in [0.5, 0.6) is 0 Å². The number of hydrogen-bond donors (Lipinski definition) is 2. The Morgan fingerprint density at radius 1 is 1.75 bits per heavy atom. The van der Waals surface area contributed by atoms with E-state index in [1.807, 2.05) is 6.92 Å². The molecule has 0 aromatic rings. The fourth-order valence-corrected chi connectivity index (χ4v) is 1.96. The average Bonchev–Trinajstić information content (AvgIpc) is 2.22. The van der Waals surface area contributed by atoms with Gasteiger partial charge in [-0.25, -0.2) is 5.84 Å². The van der Waals surface area contributed by atoms with E-state index in [1.165, 1.54) is 5.01 Å². The zero-order valence-electron chi connectivity index (χ0n) is 9.05. The second kappa shape index (κ2) is 5.86. The van der Waals surface area contributed by atoms with Gasteiger partial charge >= 0.3 is 5.97 Å². The van der Waals surface area contributed by atoms with Crippen molar-refractivity contribution in [2.24, 2.45) is 16.8 Å². The Morgan fingerprint density at radius 3 is 3.00 bits per heavy atom. The van der Waals surface area contributed by atoms with E-state index in [9.17, 15) is 9.59 Å². The van der Waals surface area contributed by atoms with Crippen LogP contribution < -0.4 is 5.84 Å². The van der Waals surface area contributed by atoms with Gasteiger partial charge in [0.25, 0.3) is 5.91 Å². The number of carbonyl (C=O) groups excluding carboxylic acids is 1. The number of rotatable bonds is 5. The molecule has 0 fully saturated rings. The first-order valence-electron chi connectivity index (χ1n) is 5.00. The van der Waals surface area contributed by atoms with Gasteiger partial charge in [-0.15, -0.1) is 0 Å². The van der Waals surface area contributed by atoms with E-state index >= 15 is 0 Å². The Bertz CT molecular complexity index is 319. The fourth-order valence-electron chi connectivity index (χ4n) is 1.34. The van der Waals surface area contributed by atoms with Gasteiger partial charge in [-0.05, 0) is 5.75 Å². The van der Waals surface area contributed by atoms with Crippen LogP contribution in [0.4, 0.5) is 0 Å². The van der Waals surface area contributed by atoms with Crippen molar-refractivity contribution >= 4 is 29.5 Å². The van der Waals surface area contributed by atoms with E-state index in [-0.39, 0.29) is 6.54 Å². The number of aliphatic imine (C=N–C) groups is 1. The highest BCUT2D eigenvalue weighted by molar-refractivity contribution is 7.99. The molecule has 0 aliphatic carbocycles. The van der Waals surface area contributed by atoms with Crippen LogP contribution >= 0.6 is 11.8 Å². The van der Waals surface area contributed by atoms with Gasteiger partial charge in [0.05, 0.1) is 6.54 Å². The van der Waals surface area contributed by atoms with Crippen molar-refractivity contribution < 1.29 is 14.7 Å². The molecule has 1 unspecified atom stereocenters. The van der Waals surface area contributed by atoms with Gasteiger partial charge in [0.1, 0.15) is 5.84 Å². The number of carboxylic acid groups (broad SMARTS) is 1. The average molecular weight is 245 g/mol. The molecule has 90 valence electrons. The summed E-state index contributed by atoms with van der Waals surface area (Å²) in [5.74, 6) is 5.01. The van der Waals surface area contributed by atoms with Crippen LogP contribution in [0.2, 0.25) is 0 Å². The SMILES string of the molecule is CCSCCC1=NC(=O)C(C(=O)O)CN1N. The predicted molar refractivity (Wildman–Crippen MR) is 62.1 cm³/mol. The van der Waals surface area contributed by atoms with Crippen molar-refractivity contribution in [2.75, 3.05) is 18.1 Å². The lowest BCUT2D eigenvalue weighted by Crippen LogP contribution is -2.49. The van der Waals surface area contributed by atoms with E-state index in [4.69, 9.17) is 10.9 Å². The molecule has 0 aromatic heterocycles. The van der Waals surface area contributed by atoms with E-state index in [0.29, 0.717) is 12.3 Å². The standard InChI is InChI=1S/C9H15N3O3S/c1-2-16-4-3-7-11-8(13)6(9(14)15)5-12(7)10/h6H,2-5,10H2,1H3,(H,14,15). The third-order valence-electron chi connectivity index (χ3n) is 2.22. The van der Waals surface area contributed by atoms with E-state index < -0.39 is 17.8 Å². The molecule has 1 amide bonds. The second-order valence-electron chi connectivity index (χ2n) is 3.36. The number of aliphatic carboxylic acids is 1. The molecule has 1 aliphatic rings. The normalized spacial score (nSPS) is 20.9. The summed E-state index contributed by atoms with van der Waals surface area (Å²) in [5.41, 5.74) is 0. The molecule has 7 heteroatoms. The summed E-state index contributed by atoms with van der Waals surface area (Å²) in [4.78, 5) is 25.8. The topological polar surface area (TPSA) is 96.0 Å². The minimum Gasteiger partial charge on any atom is -0.481 e. The van der Waals surface area contributed by atoms with Gasteiger partial charge in [0, 0.05) is 12.2 Å². The Hall–Kier alpha value is -1.08. The molecule has 0 saturated carbocycles. The molecule has 1 heterocycles. The van der Waals surface area contributed by atoms with Crippen LogP contribution in [0.25, 0.3) is 0 Å². The molecule has 6 nitrogen and oxygen atoms in total. The van der Waals surface area contributed by atoms with Gasteiger partial charge in [-0.3, -0.25) is 14.6 Å². The number of hydrogen-bond acceptors (Lipinski definition) is 5. The molecule has 1 atom stereocenters. The predicted octanol–water partition coefficient (Wildman–Crippen LogP) is -0.0552. The van der Waals surface area contributed by atoms with Crippen LogP contribution in [0, 0.1) is 5.92 Å². The quantitative estimate of drug-likeness (QED) is 0.400. The molecule has 1 aliphatic heterocycles. The van der Waals surface area contributed by atoms with Gasteiger partial charge < -0.3 is 5.11 Å². The highest BCUT2D eigenvalue weighted by Crippen LogP contribution is 2.12. The lowest BCUT2D eigenvalue weighted by atomic mass is 10.1. The molecule has 0 radical (unpaired) electrons. The van der Waals surface area contributed by atoms with Crippen LogP contribution in [0.15, 0.2) is 4.99 Å². The lowest BCUT2D eigenvalue weighted by Gasteiger charge is -2.26. The van der Waals surface area contributed by atoms with Crippen molar-refractivity contribution in [3.05, 3.63) is 0 Å². The Labute approximate surface area is 97.9 Å². The lowest BCUT2D eigenvalue weighted by molar-refractivity contribution is -0.146. The van der Waals surface area contributed by atoms with Gasteiger partial charge in [-0.1, -0.05) is 6.92 Å². The summed E-state index contributed by atoms with van der Waals surface area (Å²) in [6.45, 7) is 2.04. The highest BCUT2D eigenvalue weighted by atomic mass is 32.2. The number of carboxylic acids is 1. The summed E-state index contributed by atoms with van der Waals surface area (Å²) in [6, 6.07) is 0. The maximum atomic E-state index is 11.4. The summed E-state index contributed by atoms with van der Waals surface area (Å²) in [7, 11) is 0. The molecule has 3 N–H and O–H groups in total. The summed E-state index contributed by atoms with van der Waals surface area (Å²) in [5, 5.41) is 10.0. The Balaban J connectivity index is 2.62. The molecule has 0 spiro atoms. The van der Waals surface area contributed by atoms with Crippen LogP contribution in [0.1, 0.15) is 13.3 Å². The zero-order valence-corrected chi connectivity index (χ0v) is 9.87. The molecule has 0 bridgehead atoms. The van der Waals surface area contributed by atoms with Crippen molar-refractivity contribution in [1.82, 2.24) is 5.01 Å². The third-order valence-corrected chi connectivity index (χ3v) is 3.12. The summed E-state index contributed by atoms with van der Waals surface area (Å²) >= 11 is 1.72. The maximum Gasteiger partial charge on any atom is 0.318 e. The number of nitrogens with zero attached hydrogens (tertiary/aromatic N) is 2. The van der Waals surface area contributed by atoms with Crippen molar-refractivity contribution in [3.8, 4) is 0 Å². The first-order chi connectivity index (χ1) is 7.56. The van der Waals surface area contributed by atoms with Crippen LogP contribution in [0.3, 0.4) is 0 Å². The van der Waals surface area contributed by atoms with E-state index in [2.05, 4.69) is 4.99 Å². The summed E-state index contributed by atoms with van der Waals surface area (Å²) < 4.78 is 0. The smallest absolute Gasteiger partial charge is 0.318 e. The van der Waals surface area contributed by atoms with Crippen molar-refractivity contribution in [1.29, 1.82) is 0 Å². The molecule has 16 heavy (non-hydrogen) atoms. The van der Waals surface area contributed by atoms with E-state index in [0.717, 1.165) is 11.5 Å². The van der Waals surface area contributed by atoms with Crippen LogP contribution in [-0.2, 0) is 9.59 Å². The minimum absolute atomic E-state index is 0.00376. The fraction of sp³-hybridized carbons (Fsp3) is 0.667. The van der Waals surface area contributed by atoms with Gasteiger partial charge in [0.2, 0.25) is 0 Å². The number of nitrogens with two attached hydrogens (primary N) is 1. The number of thioether (sulfide) groups is 1. The molecule has 0 aromatic carbocycles. The Morgan fingerprint density at radius 2 is 2.44 bits per heavy atom. The number of amides is 1. The molecule has 1 rings (SSSR count). The first-order valence-corrected chi connectivity index (χ1v) is 6.16. The molecule has 0 saturated heterocycles. The van der Waals surface area contributed by atoms with Gasteiger partial charge in [-0.2, -0.15) is 16.8 Å². The Kier molecular flexibility index (Phi) is 4.75. The molecular formula is C9H15N3O3S. The third kappa shape index (κ3) is 3.21. The highest BCUT2D eigenvalue weighted by Gasteiger charge is 2.33. The zero-order chi connectivity index (χ0) is 12.1. The van der Waals surface area contributed by atoms with Crippen LogP contribution in [-0.4, -0.2) is 45.9 Å². The van der Waals surface area contributed by atoms with Crippen molar-refractivity contribution in [3.63, 3.8) is 0 Å². The second-order valence-corrected chi connectivity index (χ2v) is 4.75.